The highest BCUT2D eigenvalue weighted by molar-refractivity contribution is 6.13. The van der Waals surface area contributed by atoms with Crippen molar-refractivity contribution in [2.24, 2.45) is 5.92 Å². The molecule has 1 atom stereocenters. The highest BCUT2D eigenvalue weighted by atomic mass is 19.1. The fourth-order valence-electron chi connectivity index (χ4n) is 2.99. The lowest BCUT2D eigenvalue weighted by molar-refractivity contribution is 0.630. The highest BCUT2D eigenvalue weighted by Crippen LogP contribution is 2.37. The molecule has 110 valence electrons. The van der Waals surface area contributed by atoms with Crippen LogP contribution in [0.15, 0.2) is 24.4 Å². The van der Waals surface area contributed by atoms with Gasteiger partial charge >= 0.3 is 0 Å². The number of nitrogens with one attached hydrogen (secondary N) is 2. The third-order valence-electron chi connectivity index (χ3n) is 4.40. The molecule has 4 rings (SSSR count). The lowest BCUT2D eigenvalue weighted by Crippen LogP contribution is -2.18. The molecule has 0 saturated heterocycles. The van der Waals surface area contributed by atoms with Crippen LogP contribution in [0, 0.1) is 23.1 Å². The van der Waals surface area contributed by atoms with E-state index in [-0.39, 0.29) is 5.82 Å². The Kier molecular flexibility index (Phi) is 2.80. The molecule has 0 radical (unpaired) electrons. The fourth-order valence-corrected chi connectivity index (χ4v) is 2.99. The third kappa shape index (κ3) is 2.00. The summed E-state index contributed by atoms with van der Waals surface area (Å²) in [5, 5.41) is 14.3. The number of aromatic amines is 1. The van der Waals surface area contributed by atoms with Gasteiger partial charge < -0.3 is 10.3 Å². The van der Waals surface area contributed by atoms with Crippen molar-refractivity contribution in [3.63, 3.8) is 0 Å². The van der Waals surface area contributed by atoms with Crippen LogP contribution in [0.1, 0.15) is 25.3 Å². The standard InChI is InChI=1S/C17H15FN4/c1-9(10-2-3-10)21-17-15-13-6-12(18)4-5-14(13)22-16(15)11(7-19)8-20-17/h4-6,8-10,22H,2-3H2,1H3,(H,20,21). The largest absolute Gasteiger partial charge is 0.367 e. The molecule has 2 N–H and O–H groups in total. The number of aromatic nitrogens is 2. The van der Waals surface area contributed by atoms with E-state index >= 15 is 0 Å². The van der Waals surface area contributed by atoms with Gasteiger partial charge in [-0.25, -0.2) is 9.37 Å². The Labute approximate surface area is 127 Å². The number of anilines is 1. The molecule has 1 aliphatic carbocycles. The average Bonchev–Trinajstić information content (AvgIpc) is 3.29. The van der Waals surface area contributed by atoms with Gasteiger partial charge in [-0.05, 0) is 43.9 Å². The fraction of sp³-hybridized carbons (Fsp3) is 0.294. The van der Waals surface area contributed by atoms with E-state index in [0.29, 0.717) is 28.9 Å². The Morgan fingerprint density at radius 3 is 3.00 bits per heavy atom. The lowest BCUT2D eigenvalue weighted by Gasteiger charge is -2.14. The summed E-state index contributed by atoms with van der Waals surface area (Å²) in [5.74, 6) is 1.09. The quantitative estimate of drug-likeness (QED) is 0.769. The minimum absolute atomic E-state index is 0.294. The van der Waals surface area contributed by atoms with Crippen molar-refractivity contribution in [1.29, 1.82) is 5.26 Å². The molecule has 5 heteroatoms. The van der Waals surface area contributed by atoms with Crippen LogP contribution in [-0.2, 0) is 0 Å². The van der Waals surface area contributed by atoms with Crippen LogP contribution < -0.4 is 5.32 Å². The summed E-state index contributed by atoms with van der Waals surface area (Å²) in [6.45, 7) is 2.14. The Morgan fingerprint density at radius 2 is 2.27 bits per heavy atom. The van der Waals surface area contributed by atoms with Crippen molar-refractivity contribution in [2.45, 2.75) is 25.8 Å². The maximum Gasteiger partial charge on any atom is 0.136 e. The highest BCUT2D eigenvalue weighted by Gasteiger charge is 2.28. The SMILES string of the molecule is CC(Nc1ncc(C#N)c2[nH]c3ccc(F)cc3c12)C1CC1. The number of H-pyrrole nitrogens is 1. The molecule has 2 heterocycles. The first-order valence-electron chi connectivity index (χ1n) is 7.44. The minimum Gasteiger partial charge on any atom is -0.367 e. The summed E-state index contributed by atoms with van der Waals surface area (Å²) in [6.07, 6.45) is 4.03. The van der Waals surface area contributed by atoms with Crippen LogP contribution in [0.3, 0.4) is 0 Å². The zero-order valence-electron chi connectivity index (χ0n) is 12.2. The topological polar surface area (TPSA) is 64.5 Å². The summed E-state index contributed by atoms with van der Waals surface area (Å²) in [6, 6.07) is 7.07. The second kappa shape index (κ2) is 4.70. The number of pyridine rings is 1. The van der Waals surface area contributed by atoms with Crippen molar-refractivity contribution in [3.8, 4) is 6.07 Å². The number of nitriles is 1. The van der Waals surface area contributed by atoms with Crippen molar-refractivity contribution in [2.75, 3.05) is 5.32 Å². The number of fused-ring (bicyclic) bond motifs is 3. The molecule has 2 aromatic heterocycles. The first-order valence-corrected chi connectivity index (χ1v) is 7.44. The van der Waals surface area contributed by atoms with Crippen molar-refractivity contribution in [1.82, 2.24) is 9.97 Å². The molecule has 22 heavy (non-hydrogen) atoms. The zero-order chi connectivity index (χ0) is 15.3. The first kappa shape index (κ1) is 13.1. The maximum atomic E-state index is 13.6. The van der Waals surface area contributed by atoms with E-state index < -0.39 is 0 Å². The van der Waals surface area contributed by atoms with Gasteiger partial charge in [0.2, 0.25) is 0 Å². The van der Waals surface area contributed by atoms with Gasteiger partial charge in [-0.2, -0.15) is 5.26 Å². The molecule has 3 aromatic rings. The maximum absolute atomic E-state index is 13.6. The van der Waals surface area contributed by atoms with Gasteiger partial charge in [0.15, 0.2) is 0 Å². The zero-order valence-corrected chi connectivity index (χ0v) is 12.2. The summed E-state index contributed by atoms with van der Waals surface area (Å²) in [7, 11) is 0. The Hall–Kier alpha value is -2.61. The average molecular weight is 294 g/mol. The minimum atomic E-state index is -0.294. The predicted octanol–water partition coefficient (Wildman–Crippen LogP) is 3.94. The van der Waals surface area contributed by atoms with Gasteiger partial charge in [0, 0.05) is 23.1 Å². The summed E-state index contributed by atoms with van der Waals surface area (Å²) in [5.41, 5.74) is 1.99. The molecule has 0 aliphatic heterocycles. The normalized spacial score (nSPS) is 15.9. The van der Waals surface area contributed by atoms with Gasteiger partial charge in [-0.15, -0.1) is 0 Å². The van der Waals surface area contributed by atoms with Gasteiger partial charge in [0.25, 0.3) is 0 Å². The van der Waals surface area contributed by atoms with Crippen LogP contribution in [0.25, 0.3) is 21.8 Å². The monoisotopic (exact) mass is 294 g/mol. The van der Waals surface area contributed by atoms with E-state index in [1.807, 2.05) is 0 Å². The second-order valence-electron chi connectivity index (χ2n) is 5.97. The van der Waals surface area contributed by atoms with Crippen LogP contribution in [-0.4, -0.2) is 16.0 Å². The summed E-state index contributed by atoms with van der Waals surface area (Å²) >= 11 is 0. The smallest absolute Gasteiger partial charge is 0.136 e. The molecule has 1 aliphatic rings. The Morgan fingerprint density at radius 1 is 1.45 bits per heavy atom. The van der Waals surface area contributed by atoms with Gasteiger partial charge in [0.1, 0.15) is 17.7 Å². The summed E-state index contributed by atoms with van der Waals surface area (Å²) < 4.78 is 13.6. The van der Waals surface area contributed by atoms with Crippen LogP contribution in [0.4, 0.5) is 10.2 Å². The molecule has 0 amide bonds. The van der Waals surface area contributed by atoms with Crippen molar-refractivity contribution < 1.29 is 4.39 Å². The van der Waals surface area contributed by atoms with E-state index in [1.165, 1.54) is 25.0 Å². The number of benzene rings is 1. The van der Waals surface area contributed by atoms with Gasteiger partial charge in [0.05, 0.1) is 16.5 Å². The second-order valence-corrected chi connectivity index (χ2v) is 5.97. The van der Waals surface area contributed by atoms with E-state index in [0.717, 1.165) is 16.3 Å². The van der Waals surface area contributed by atoms with Gasteiger partial charge in [-0.3, -0.25) is 0 Å². The number of nitrogens with zero attached hydrogens (tertiary/aromatic N) is 2. The number of hydrogen-bond donors (Lipinski definition) is 2. The van der Waals surface area contributed by atoms with Crippen LogP contribution in [0.5, 0.6) is 0 Å². The van der Waals surface area contributed by atoms with E-state index in [2.05, 4.69) is 28.3 Å². The molecule has 4 nitrogen and oxygen atoms in total. The van der Waals surface area contributed by atoms with Crippen LogP contribution >= 0.6 is 0 Å². The number of hydrogen-bond acceptors (Lipinski definition) is 3. The predicted molar refractivity (Wildman–Crippen MR) is 84.1 cm³/mol. The van der Waals surface area contributed by atoms with E-state index in [9.17, 15) is 9.65 Å². The molecule has 1 unspecified atom stereocenters. The molecule has 1 fully saturated rings. The van der Waals surface area contributed by atoms with E-state index in [1.54, 1.807) is 12.3 Å². The Bertz CT molecular complexity index is 918. The molecular formula is C17H15FN4. The lowest BCUT2D eigenvalue weighted by atomic mass is 10.1. The Balaban J connectivity index is 1.97. The molecule has 0 spiro atoms. The first-order chi connectivity index (χ1) is 10.7. The van der Waals surface area contributed by atoms with E-state index in [4.69, 9.17) is 0 Å². The van der Waals surface area contributed by atoms with Crippen LogP contribution in [0.2, 0.25) is 0 Å². The van der Waals surface area contributed by atoms with Crippen molar-refractivity contribution in [3.05, 3.63) is 35.8 Å². The molecule has 1 saturated carbocycles. The number of rotatable bonds is 3. The number of halogens is 1. The molecule has 0 bridgehead atoms. The van der Waals surface area contributed by atoms with Gasteiger partial charge in [-0.1, -0.05) is 0 Å². The molecular weight excluding hydrogens is 279 g/mol. The summed E-state index contributed by atoms with van der Waals surface area (Å²) in [4.78, 5) is 7.62. The van der Waals surface area contributed by atoms with Crippen molar-refractivity contribution >= 4 is 27.6 Å². The molecule has 1 aromatic carbocycles. The third-order valence-corrected chi connectivity index (χ3v) is 4.40.